The van der Waals surface area contributed by atoms with Crippen LogP contribution in [0.2, 0.25) is 0 Å². The zero-order valence-corrected chi connectivity index (χ0v) is 7.49. The molecule has 0 unspecified atom stereocenters. The van der Waals surface area contributed by atoms with E-state index >= 15 is 0 Å². The summed E-state index contributed by atoms with van der Waals surface area (Å²) in [6, 6.07) is 10.3. The van der Waals surface area contributed by atoms with Crippen LogP contribution >= 0.6 is 0 Å². The van der Waals surface area contributed by atoms with E-state index < -0.39 is 0 Å². The second-order valence-corrected chi connectivity index (χ2v) is 2.60. The molecule has 0 saturated heterocycles. The van der Waals surface area contributed by atoms with Crippen molar-refractivity contribution in [3.8, 4) is 0 Å². The first-order valence-corrected chi connectivity index (χ1v) is 4.39. The van der Waals surface area contributed by atoms with Gasteiger partial charge in [-0.05, 0) is 25.3 Å². The molecule has 0 heterocycles. The van der Waals surface area contributed by atoms with E-state index in [-0.39, 0.29) is 0 Å². The van der Waals surface area contributed by atoms with Gasteiger partial charge in [-0.2, -0.15) is 0 Å². The van der Waals surface area contributed by atoms with Crippen LogP contribution in [0.3, 0.4) is 0 Å². The van der Waals surface area contributed by atoms with Gasteiger partial charge in [0.25, 0.3) is 0 Å². The van der Waals surface area contributed by atoms with Crippen LogP contribution in [-0.4, -0.2) is 13.2 Å². The topological polar surface area (TPSA) is 9.23 Å². The Morgan fingerprint density at radius 1 is 1.25 bits per heavy atom. The SMILES string of the molecule is CCOCC[CH]c1ccccc1. The van der Waals surface area contributed by atoms with E-state index in [1.165, 1.54) is 5.56 Å². The molecular formula is C11H15O. The molecule has 0 spiro atoms. The van der Waals surface area contributed by atoms with E-state index in [1.54, 1.807) is 0 Å². The Hall–Kier alpha value is -0.820. The van der Waals surface area contributed by atoms with Crippen molar-refractivity contribution in [2.75, 3.05) is 13.2 Å². The highest BCUT2D eigenvalue weighted by Crippen LogP contribution is 2.04. The molecule has 0 aromatic heterocycles. The Labute approximate surface area is 74.4 Å². The van der Waals surface area contributed by atoms with E-state index in [4.69, 9.17) is 4.74 Å². The van der Waals surface area contributed by atoms with Gasteiger partial charge < -0.3 is 4.74 Å². The van der Waals surface area contributed by atoms with Gasteiger partial charge in [0.2, 0.25) is 0 Å². The van der Waals surface area contributed by atoms with Gasteiger partial charge in [-0.15, -0.1) is 0 Å². The molecule has 0 aliphatic rings. The molecule has 0 atom stereocenters. The zero-order valence-electron chi connectivity index (χ0n) is 7.49. The lowest BCUT2D eigenvalue weighted by molar-refractivity contribution is 0.150. The van der Waals surface area contributed by atoms with Gasteiger partial charge in [0.1, 0.15) is 0 Å². The predicted molar refractivity (Wildman–Crippen MR) is 51.0 cm³/mol. The highest BCUT2D eigenvalue weighted by Gasteiger charge is 1.91. The molecule has 0 N–H and O–H groups in total. The molecule has 0 bridgehead atoms. The van der Waals surface area contributed by atoms with Gasteiger partial charge in [0.15, 0.2) is 0 Å². The first-order valence-electron chi connectivity index (χ1n) is 4.39. The molecule has 1 aromatic carbocycles. The van der Waals surface area contributed by atoms with Crippen molar-refractivity contribution in [1.29, 1.82) is 0 Å². The minimum atomic E-state index is 0.808. The molecule has 1 radical (unpaired) electrons. The van der Waals surface area contributed by atoms with Crippen molar-refractivity contribution < 1.29 is 4.74 Å². The zero-order chi connectivity index (χ0) is 8.65. The minimum Gasteiger partial charge on any atom is -0.382 e. The van der Waals surface area contributed by atoms with E-state index in [2.05, 4.69) is 18.6 Å². The average molecular weight is 163 g/mol. The van der Waals surface area contributed by atoms with Gasteiger partial charge >= 0.3 is 0 Å². The van der Waals surface area contributed by atoms with Crippen LogP contribution in [0.25, 0.3) is 0 Å². The Balaban J connectivity index is 2.16. The van der Waals surface area contributed by atoms with Crippen LogP contribution in [-0.2, 0) is 4.74 Å². The van der Waals surface area contributed by atoms with E-state index in [0.717, 1.165) is 19.6 Å². The lowest BCUT2D eigenvalue weighted by atomic mass is 10.1. The van der Waals surface area contributed by atoms with Gasteiger partial charge in [-0.1, -0.05) is 30.3 Å². The molecule has 1 heteroatoms. The highest BCUT2D eigenvalue weighted by atomic mass is 16.5. The normalized spacial score (nSPS) is 10.1. The Bertz CT molecular complexity index is 193. The van der Waals surface area contributed by atoms with Crippen LogP contribution in [0.15, 0.2) is 30.3 Å². The Kier molecular flexibility index (Phi) is 4.47. The molecule has 0 fully saturated rings. The molecule has 0 saturated carbocycles. The second kappa shape index (κ2) is 5.78. The molecule has 1 aromatic rings. The van der Waals surface area contributed by atoms with Crippen LogP contribution in [0.4, 0.5) is 0 Å². The first kappa shape index (κ1) is 9.27. The van der Waals surface area contributed by atoms with Crippen LogP contribution < -0.4 is 0 Å². The van der Waals surface area contributed by atoms with E-state index in [1.807, 2.05) is 25.1 Å². The average Bonchev–Trinajstić information content (AvgIpc) is 2.14. The highest BCUT2D eigenvalue weighted by molar-refractivity contribution is 5.21. The molecule has 1 nitrogen and oxygen atoms in total. The first-order chi connectivity index (χ1) is 5.93. The van der Waals surface area contributed by atoms with Gasteiger partial charge in [0.05, 0.1) is 0 Å². The molecule has 0 aliphatic carbocycles. The quantitative estimate of drug-likeness (QED) is 0.606. The molecule has 0 amide bonds. The maximum atomic E-state index is 5.22. The summed E-state index contributed by atoms with van der Waals surface area (Å²) in [5.74, 6) is 0. The summed E-state index contributed by atoms with van der Waals surface area (Å²) >= 11 is 0. The summed E-state index contributed by atoms with van der Waals surface area (Å²) in [5, 5.41) is 0. The lowest BCUT2D eigenvalue weighted by Gasteiger charge is -2.00. The summed E-state index contributed by atoms with van der Waals surface area (Å²) in [4.78, 5) is 0. The van der Waals surface area contributed by atoms with Crippen molar-refractivity contribution in [3.05, 3.63) is 42.3 Å². The third kappa shape index (κ3) is 3.54. The maximum absolute atomic E-state index is 5.22. The van der Waals surface area contributed by atoms with Crippen LogP contribution in [0.1, 0.15) is 18.9 Å². The summed E-state index contributed by atoms with van der Waals surface area (Å²) in [5.41, 5.74) is 1.28. The summed E-state index contributed by atoms with van der Waals surface area (Å²) in [6.45, 7) is 3.65. The standard InChI is InChI=1S/C11H15O/c1-2-12-10-6-9-11-7-4-3-5-8-11/h3-5,7-9H,2,6,10H2,1H3. The fourth-order valence-corrected chi connectivity index (χ4v) is 1.04. The van der Waals surface area contributed by atoms with Crippen molar-refractivity contribution in [2.45, 2.75) is 13.3 Å². The van der Waals surface area contributed by atoms with Crippen LogP contribution in [0, 0.1) is 6.42 Å². The van der Waals surface area contributed by atoms with E-state index in [0.29, 0.717) is 0 Å². The van der Waals surface area contributed by atoms with Crippen molar-refractivity contribution >= 4 is 0 Å². The predicted octanol–water partition coefficient (Wildman–Crippen LogP) is 2.67. The van der Waals surface area contributed by atoms with E-state index in [9.17, 15) is 0 Å². The third-order valence-corrected chi connectivity index (χ3v) is 1.65. The number of benzene rings is 1. The van der Waals surface area contributed by atoms with Crippen molar-refractivity contribution in [3.63, 3.8) is 0 Å². The largest absolute Gasteiger partial charge is 0.382 e. The van der Waals surface area contributed by atoms with Gasteiger partial charge in [-0.25, -0.2) is 0 Å². The molecule has 12 heavy (non-hydrogen) atoms. The summed E-state index contributed by atoms with van der Waals surface area (Å²) in [6.07, 6.45) is 3.19. The lowest BCUT2D eigenvalue weighted by Crippen LogP contribution is -1.93. The Morgan fingerprint density at radius 3 is 2.67 bits per heavy atom. The van der Waals surface area contributed by atoms with Gasteiger partial charge in [-0.3, -0.25) is 0 Å². The number of hydrogen-bond acceptors (Lipinski definition) is 1. The van der Waals surface area contributed by atoms with Crippen LogP contribution in [0.5, 0.6) is 0 Å². The molecule has 0 aliphatic heterocycles. The van der Waals surface area contributed by atoms with Crippen molar-refractivity contribution in [2.24, 2.45) is 0 Å². The maximum Gasteiger partial charge on any atom is 0.0471 e. The van der Waals surface area contributed by atoms with Crippen molar-refractivity contribution in [1.82, 2.24) is 0 Å². The monoisotopic (exact) mass is 163 g/mol. The molecule has 1 rings (SSSR count). The molecule has 65 valence electrons. The number of rotatable bonds is 5. The molecular weight excluding hydrogens is 148 g/mol. The third-order valence-electron chi connectivity index (χ3n) is 1.65. The summed E-state index contributed by atoms with van der Waals surface area (Å²) in [7, 11) is 0. The van der Waals surface area contributed by atoms with Gasteiger partial charge in [0, 0.05) is 13.2 Å². The fraction of sp³-hybridized carbons (Fsp3) is 0.364. The minimum absolute atomic E-state index is 0.808. The number of hydrogen-bond donors (Lipinski definition) is 0. The fourth-order valence-electron chi connectivity index (χ4n) is 1.04. The second-order valence-electron chi connectivity index (χ2n) is 2.60. The number of ether oxygens (including phenoxy) is 1. The smallest absolute Gasteiger partial charge is 0.0471 e. The summed E-state index contributed by atoms with van der Waals surface area (Å²) < 4.78 is 5.22. The Morgan fingerprint density at radius 2 is 2.00 bits per heavy atom.